The van der Waals surface area contributed by atoms with Gasteiger partial charge in [0, 0.05) is 33.9 Å². The van der Waals surface area contributed by atoms with Crippen LogP contribution in [0.25, 0.3) is 21.8 Å². The van der Waals surface area contributed by atoms with Gasteiger partial charge in [-0.05, 0) is 36.8 Å². The van der Waals surface area contributed by atoms with Gasteiger partial charge < -0.3 is 9.72 Å². The molecule has 1 aromatic heterocycles. The topological polar surface area (TPSA) is 25.0 Å². The molecule has 2 aromatic carbocycles. The fourth-order valence-corrected chi connectivity index (χ4v) is 2.45. The summed E-state index contributed by atoms with van der Waals surface area (Å²) in [4.78, 5) is 3.41. The smallest absolute Gasteiger partial charge is 0.0793 e. The highest BCUT2D eigenvalue weighted by atomic mass is 35.5. The molecule has 1 N–H and O–H groups in total. The van der Waals surface area contributed by atoms with Gasteiger partial charge in [0.25, 0.3) is 0 Å². The van der Waals surface area contributed by atoms with Crippen molar-refractivity contribution in [1.82, 2.24) is 4.98 Å². The van der Waals surface area contributed by atoms with Gasteiger partial charge in [0.1, 0.15) is 0 Å². The highest BCUT2D eigenvalue weighted by Gasteiger charge is 2.08. The molecule has 0 aliphatic heterocycles. The average molecular weight is 260 g/mol. The lowest BCUT2D eigenvalue weighted by Gasteiger charge is -2.09. The summed E-state index contributed by atoms with van der Waals surface area (Å²) in [5.74, 6) is 0. The first-order valence-electron chi connectivity index (χ1n) is 5.93. The second-order valence-corrected chi connectivity index (χ2v) is 4.93. The molecule has 92 valence electrons. The van der Waals surface area contributed by atoms with Crippen LogP contribution in [0.2, 0.25) is 5.02 Å². The largest absolute Gasteiger partial charge is 0.377 e. The van der Waals surface area contributed by atoms with E-state index in [0.29, 0.717) is 0 Å². The third kappa shape index (κ3) is 1.78. The minimum absolute atomic E-state index is 0.101. The molecule has 18 heavy (non-hydrogen) atoms. The highest BCUT2D eigenvalue weighted by molar-refractivity contribution is 6.31. The maximum absolute atomic E-state index is 6.05. The minimum Gasteiger partial charge on any atom is -0.377 e. The molecule has 1 unspecified atom stereocenters. The lowest BCUT2D eigenvalue weighted by Crippen LogP contribution is -1.94. The molecular weight excluding hydrogens is 246 g/mol. The number of methoxy groups -OCH3 is 1. The molecule has 3 heteroatoms. The third-order valence-corrected chi connectivity index (χ3v) is 3.64. The van der Waals surface area contributed by atoms with Gasteiger partial charge in [-0.25, -0.2) is 0 Å². The normalized spacial score (nSPS) is 13.3. The third-order valence-electron chi connectivity index (χ3n) is 3.41. The van der Waals surface area contributed by atoms with Crippen LogP contribution in [0.3, 0.4) is 0 Å². The summed E-state index contributed by atoms with van der Waals surface area (Å²) in [5.41, 5.74) is 3.40. The van der Waals surface area contributed by atoms with Crippen molar-refractivity contribution < 1.29 is 4.74 Å². The summed E-state index contributed by atoms with van der Waals surface area (Å²) in [6, 6.07) is 12.3. The van der Waals surface area contributed by atoms with Crippen LogP contribution in [0.4, 0.5) is 0 Å². The Hall–Kier alpha value is -1.51. The van der Waals surface area contributed by atoms with Crippen LogP contribution in [-0.2, 0) is 4.74 Å². The summed E-state index contributed by atoms with van der Waals surface area (Å²) >= 11 is 6.05. The zero-order valence-corrected chi connectivity index (χ0v) is 11.1. The Morgan fingerprint density at radius 1 is 1.06 bits per heavy atom. The summed E-state index contributed by atoms with van der Waals surface area (Å²) in [6.45, 7) is 2.04. The number of ether oxygens (including phenoxy) is 1. The molecule has 2 nitrogen and oxygen atoms in total. The van der Waals surface area contributed by atoms with E-state index in [0.717, 1.165) is 21.4 Å². The van der Waals surface area contributed by atoms with Crippen LogP contribution in [0.15, 0.2) is 36.4 Å². The molecule has 3 aromatic rings. The first-order valence-corrected chi connectivity index (χ1v) is 6.30. The standard InChI is InChI=1S/C15H14ClNO/c1-9(18-2)10-3-5-12-13-8-11(16)4-6-14(13)17-15(12)7-10/h3-9,17H,1-2H3. The Kier molecular flexibility index (Phi) is 2.77. The van der Waals surface area contributed by atoms with Crippen molar-refractivity contribution in [2.24, 2.45) is 0 Å². The zero-order valence-electron chi connectivity index (χ0n) is 10.3. The van der Waals surface area contributed by atoms with E-state index < -0.39 is 0 Å². The van der Waals surface area contributed by atoms with E-state index in [2.05, 4.69) is 23.2 Å². The molecule has 0 bridgehead atoms. The van der Waals surface area contributed by atoms with Gasteiger partial charge >= 0.3 is 0 Å². The maximum atomic E-state index is 6.05. The van der Waals surface area contributed by atoms with Crippen molar-refractivity contribution in [3.05, 3.63) is 47.0 Å². The number of benzene rings is 2. The number of H-pyrrole nitrogens is 1. The lowest BCUT2D eigenvalue weighted by atomic mass is 10.1. The molecule has 0 spiro atoms. The Labute approximate surface area is 111 Å². The van der Waals surface area contributed by atoms with E-state index in [1.54, 1.807) is 7.11 Å². The Morgan fingerprint density at radius 2 is 1.89 bits per heavy atom. The molecule has 0 amide bonds. The maximum Gasteiger partial charge on any atom is 0.0793 e. The van der Waals surface area contributed by atoms with Gasteiger partial charge in [-0.15, -0.1) is 0 Å². The molecule has 0 aliphatic rings. The fraction of sp³-hybridized carbons (Fsp3) is 0.200. The summed E-state index contributed by atoms with van der Waals surface area (Å²) < 4.78 is 5.34. The van der Waals surface area contributed by atoms with Crippen molar-refractivity contribution in [1.29, 1.82) is 0 Å². The summed E-state index contributed by atoms with van der Waals surface area (Å²) in [7, 11) is 1.72. The van der Waals surface area contributed by atoms with Gasteiger partial charge in [0.2, 0.25) is 0 Å². The molecule has 0 radical (unpaired) electrons. The Balaban J connectivity index is 2.27. The summed E-state index contributed by atoms with van der Waals surface area (Å²) in [5, 5.41) is 3.12. The van der Waals surface area contributed by atoms with Gasteiger partial charge in [-0.3, -0.25) is 0 Å². The molecule has 0 saturated carbocycles. The first kappa shape index (κ1) is 11.6. The van der Waals surface area contributed by atoms with Crippen molar-refractivity contribution in [2.75, 3.05) is 7.11 Å². The molecule has 1 heterocycles. The molecule has 0 aliphatic carbocycles. The Bertz CT molecular complexity index is 717. The van der Waals surface area contributed by atoms with E-state index in [-0.39, 0.29) is 6.10 Å². The molecule has 3 rings (SSSR count). The zero-order chi connectivity index (χ0) is 12.7. The average Bonchev–Trinajstić information content (AvgIpc) is 2.74. The molecule has 1 atom stereocenters. The van der Waals surface area contributed by atoms with E-state index >= 15 is 0 Å². The Morgan fingerprint density at radius 3 is 2.67 bits per heavy atom. The summed E-state index contributed by atoms with van der Waals surface area (Å²) in [6.07, 6.45) is 0.101. The predicted molar refractivity (Wildman–Crippen MR) is 76.2 cm³/mol. The van der Waals surface area contributed by atoms with E-state index in [1.807, 2.05) is 25.1 Å². The number of hydrogen-bond donors (Lipinski definition) is 1. The molecular formula is C15H14ClNO. The number of aromatic nitrogens is 1. The van der Waals surface area contributed by atoms with Crippen molar-refractivity contribution >= 4 is 33.4 Å². The van der Waals surface area contributed by atoms with Crippen LogP contribution in [-0.4, -0.2) is 12.1 Å². The number of nitrogens with one attached hydrogen (secondary N) is 1. The number of hydrogen-bond acceptors (Lipinski definition) is 1. The van der Waals surface area contributed by atoms with E-state index in [1.165, 1.54) is 10.9 Å². The van der Waals surface area contributed by atoms with Crippen molar-refractivity contribution in [2.45, 2.75) is 13.0 Å². The lowest BCUT2D eigenvalue weighted by molar-refractivity contribution is 0.119. The highest BCUT2D eigenvalue weighted by Crippen LogP contribution is 2.30. The molecule has 0 saturated heterocycles. The van der Waals surface area contributed by atoms with Crippen LogP contribution in [0, 0.1) is 0 Å². The number of halogens is 1. The monoisotopic (exact) mass is 259 g/mol. The first-order chi connectivity index (χ1) is 8.69. The van der Waals surface area contributed by atoms with E-state index in [9.17, 15) is 0 Å². The van der Waals surface area contributed by atoms with Crippen LogP contribution in [0.5, 0.6) is 0 Å². The quantitative estimate of drug-likeness (QED) is 0.710. The van der Waals surface area contributed by atoms with Crippen LogP contribution in [0.1, 0.15) is 18.6 Å². The van der Waals surface area contributed by atoms with Gasteiger partial charge in [0.15, 0.2) is 0 Å². The van der Waals surface area contributed by atoms with Gasteiger partial charge in [-0.1, -0.05) is 23.7 Å². The second kappa shape index (κ2) is 4.30. The van der Waals surface area contributed by atoms with E-state index in [4.69, 9.17) is 16.3 Å². The number of rotatable bonds is 2. The van der Waals surface area contributed by atoms with Crippen molar-refractivity contribution in [3.63, 3.8) is 0 Å². The second-order valence-electron chi connectivity index (χ2n) is 4.50. The fourth-order valence-electron chi connectivity index (χ4n) is 2.28. The SMILES string of the molecule is COC(C)c1ccc2c(c1)[nH]c1ccc(Cl)cc12. The van der Waals surface area contributed by atoms with Gasteiger partial charge in [0.05, 0.1) is 6.10 Å². The van der Waals surface area contributed by atoms with Gasteiger partial charge in [-0.2, -0.15) is 0 Å². The van der Waals surface area contributed by atoms with Crippen LogP contribution >= 0.6 is 11.6 Å². The van der Waals surface area contributed by atoms with Crippen LogP contribution < -0.4 is 0 Å². The number of aromatic amines is 1. The number of fused-ring (bicyclic) bond motifs is 3. The van der Waals surface area contributed by atoms with Crippen molar-refractivity contribution in [3.8, 4) is 0 Å². The minimum atomic E-state index is 0.101. The predicted octanol–water partition coefficient (Wildman–Crippen LogP) is 4.68. The molecule has 0 fully saturated rings.